The number of amides is 1. The van der Waals surface area contributed by atoms with E-state index >= 15 is 0 Å². The smallest absolute Gasteiger partial charge is 0.259 e. The van der Waals surface area contributed by atoms with E-state index in [0.29, 0.717) is 5.02 Å². The van der Waals surface area contributed by atoms with Crippen LogP contribution in [0.5, 0.6) is 5.75 Å². The van der Waals surface area contributed by atoms with Gasteiger partial charge in [-0.3, -0.25) is 4.79 Å². The van der Waals surface area contributed by atoms with Gasteiger partial charge in [0.2, 0.25) is 11.9 Å². The first-order valence-corrected chi connectivity index (χ1v) is 5.86. The average molecular weight is 299 g/mol. The Morgan fingerprint density at radius 1 is 1.30 bits per heavy atom. The lowest BCUT2D eigenvalue weighted by Crippen LogP contribution is -2.15. The molecule has 0 aliphatic heterocycles. The maximum absolute atomic E-state index is 13.4. The number of hydrogen-bond acceptors (Lipinski definition) is 3. The Morgan fingerprint density at radius 2 is 2.05 bits per heavy atom. The number of halogens is 3. The summed E-state index contributed by atoms with van der Waals surface area (Å²) in [6, 6.07) is 6.46. The third kappa shape index (κ3) is 3.03. The van der Waals surface area contributed by atoms with Crippen LogP contribution in [0.3, 0.4) is 0 Å². The summed E-state index contributed by atoms with van der Waals surface area (Å²) in [7, 11) is 1.39. The van der Waals surface area contributed by atoms with E-state index < -0.39 is 17.8 Å². The number of carbonyl (C=O) groups excluding carboxylic acids is 1. The highest BCUT2D eigenvalue weighted by Gasteiger charge is 2.15. The molecule has 0 aliphatic rings. The third-order valence-electron chi connectivity index (χ3n) is 2.47. The third-order valence-corrected chi connectivity index (χ3v) is 2.70. The van der Waals surface area contributed by atoms with Gasteiger partial charge in [0.05, 0.1) is 18.4 Å². The highest BCUT2D eigenvalue weighted by atomic mass is 35.5. The second kappa shape index (κ2) is 5.83. The molecule has 0 fully saturated rings. The van der Waals surface area contributed by atoms with E-state index in [4.69, 9.17) is 16.3 Å². The molecule has 7 heteroatoms. The number of nitrogens with zero attached hydrogens (tertiary/aromatic N) is 1. The van der Waals surface area contributed by atoms with E-state index in [1.807, 2.05) is 0 Å². The van der Waals surface area contributed by atoms with E-state index in [1.54, 1.807) is 6.07 Å². The molecule has 2 rings (SSSR count). The average Bonchev–Trinajstić information content (AvgIpc) is 2.41. The molecule has 0 unspecified atom stereocenters. The second-order valence-corrected chi connectivity index (χ2v) is 4.21. The van der Waals surface area contributed by atoms with Crippen molar-refractivity contribution in [2.45, 2.75) is 0 Å². The molecule has 0 aliphatic carbocycles. The number of carbonyl (C=O) groups is 1. The predicted molar refractivity (Wildman–Crippen MR) is 70.1 cm³/mol. The summed E-state index contributed by atoms with van der Waals surface area (Å²) in [5, 5.41) is 2.60. The van der Waals surface area contributed by atoms with Crippen molar-refractivity contribution in [3.8, 4) is 5.75 Å². The highest BCUT2D eigenvalue weighted by molar-refractivity contribution is 6.31. The second-order valence-electron chi connectivity index (χ2n) is 3.77. The molecule has 2 aromatic rings. The molecule has 0 atom stereocenters. The summed E-state index contributed by atoms with van der Waals surface area (Å²) in [6.45, 7) is 0. The maximum Gasteiger partial charge on any atom is 0.259 e. The summed E-state index contributed by atoms with van der Waals surface area (Å²) >= 11 is 5.80. The molecule has 0 bridgehead atoms. The first-order chi connectivity index (χ1) is 9.51. The molecule has 0 radical (unpaired) electrons. The van der Waals surface area contributed by atoms with Crippen molar-refractivity contribution in [1.29, 1.82) is 0 Å². The number of ether oxygens (including phenoxy) is 1. The lowest BCUT2D eigenvalue weighted by Gasteiger charge is -2.10. The Hall–Kier alpha value is -2.21. The highest BCUT2D eigenvalue weighted by Crippen LogP contribution is 2.24. The number of benzene rings is 1. The Bertz CT molecular complexity index is 665. The number of hydrogen-bond donors (Lipinski definition) is 1. The number of rotatable bonds is 3. The van der Waals surface area contributed by atoms with Gasteiger partial charge in [-0.25, -0.2) is 0 Å². The summed E-state index contributed by atoms with van der Waals surface area (Å²) in [5.41, 5.74) is -0.109. The van der Waals surface area contributed by atoms with Crippen LogP contribution in [0.4, 0.5) is 14.5 Å². The molecule has 20 heavy (non-hydrogen) atoms. The Kier molecular flexibility index (Phi) is 4.14. The summed E-state index contributed by atoms with van der Waals surface area (Å²) in [6.07, 6.45) is 0. The first-order valence-electron chi connectivity index (χ1n) is 5.48. The van der Waals surface area contributed by atoms with Crippen LogP contribution in [0.2, 0.25) is 5.02 Å². The molecular formula is C13H9ClF2N2O2. The number of methoxy groups -OCH3 is 1. The fourth-order valence-corrected chi connectivity index (χ4v) is 1.72. The molecular weight excluding hydrogens is 290 g/mol. The Morgan fingerprint density at radius 3 is 2.70 bits per heavy atom. The molecule has 104 valence electrons. The van der Waals surface area contributed by atoms with E-state index in [2.05, 4.69) is 10.3 Å². The molecule has 1 heterocycles. The molecule has 1 amide bonds. The van der Waals surface area contributed by atoms with Gasteiger partial charge in [-0.15, -0.1) is 0 Å². The van der Waals surface area contributed by atoms with Gasteiger partial charge in [0, 0.05) is 5.02 Å². The van der Waals surface area contributed by atoms with Crippen molar-refractivity contribution in [3.05, 3.63) is 52.8 Å². The van der Waals surface area contributed by atoms with Crippen LogP contribution in [-0.2, 0) is 0 Å². The summed E-state index contributed by atoms with van der Waals surface area (Å²) < 4.78 is 31.1. The molecule has 0 saturated heterocycles. The standard InChI is InChI=1S/C13H9ClF2N2O2/c1-20-10-4-2-7(14)6-8(10)13(19)17-9-3-5-11(15)18-12(9)16/h2-6H,1H3,(H,17,19). The number of nitrogens with one attached hydrogen (secondary N) is 1. The van der Waals surface area contributed by atoms with Crippen molar-refractivity contribution in [2.24, 2.45) is 0 Å². The largest absolute Gasteiger partial charge is 0.496 e. The van der Waals surface area contributed by atoms with Gasteiger partial charge in [-0.1, -0.05) is 11.6 Å². The van der Waals surface area contributed by atoms with E-state index in [1.165, 1.54) is 19.2 Å². The zero-order chi connectivity index (χ0) is 14.7. The van der Waals surface area contributed by atoms with Gasteiger partial charge in [0.15, 0.2) is 0 Å². The van der Waals surface area contributed by atoms with Crippen LogP contribution >= 0.6 is 11.6 Å². The topological polar surface area (TPSA) is 51.2 Å². The van der Waals surface area contributed by atoms with Crippen molar-refractivity contribution in [3.63, 3.8) is 0 Å². The lowest BCUT2D eigenvalue weighted by molar-refractivity contribution is 0.102. The maximum atomic E-state index is 13.4. The fourth-order valence-electron chi connectivity index (χ4n) is 1.55. The molecule has 1 aromatic carbocycles. The molecule has 1 aromatic heterocycles. The van der Waals surface area contributed by atoms with Crippen LogP contribution in [0, 0.1) is 11.9 Å². The fraction of sp³-hybridized carbons (Fsp3) is 0.0769. The zero-order valence-corrected chi connectivity index (χ0v) is 11.0. The Labute approximate surface area is 118 Å². The van der Waals surface area contributed by atoms with Crippen molar-refractivity contribution in [1.82, 2.24) is 4.98 Å². The first kappa shape index (κ1) is 14.2. The van der Waals surface area contributed by atoms with Gasteiger partial charge in [-0.2, -0.15) is 13.8 Å². The van der Waals surface area contributed by atoms with Crippen LogP contribution < -0.4 is 10.1 Å². The summed E-state index contributed by atoms with van der Waals surface area (Å²) in [4.78, 5) is 15.0. The summed E-state index contributed by atoms with van der Waals surface area (Å²) in [5.74, 6) is -2.45. The molecule has 1 N–H and O–H groups in total. The van der Waals surface area contributed by atoms with E-state index in [9.17, 15) is 13.6 Å². The van der Waals surface area contributed by atoms with Crippen molar-refractivity contribution in [2.75, 3.05) is 12.4 Å². The van der Waals surface area contributed by atoms with Gasteiger partial charge >= 0.3 is 0 Å². The molecule has 4 nitrogen and oxygen atoms in total. The van der Waals surface area contributed by atoms with Crippen LogP contribution in [0.15, 0.2) is 30.3 Å². The normalized spacial score (nSPS) is 10.2. The van der Waals surface area contributed by atoms with Crippen LogP contribution in [0.1, 0.15) is 10.4 Å². The zero-order valence-electron chi connectivity index (χ0n) is 10.3. The quantitative estimate of drug-likeness (QED) is 0.885. The SMILES string of the molecule is COc1ccc(Cl)cc1C(=O)Nc1ccc(F)nc1F. The van der Waals surface area contributed by atoms with Crippen molar-refractivity contribution >= 4 is 23.2 Å². The minimum atomic E-state index is -1.11. The van der Waals surface area contributed by atoms with Crippen LogP contribution in [0.25, 0.3) is 0 Å². The number of pyridine rings is 1. The number of anilines is 1. The molecule has 0 saturated carbocycles. The minimum absolute atomic E-state index is 0.128. The van der Waals surface area contributed by atoms with Gasteiger partial charge in [0.25, 0.3) is 5.91 Å². The van der Waals surface area contributed by atoms with Gasteiger partial charge in [0.1, 0.15) is 5.75 Å². The van der Waals surface area contributed by atoms with E-state index in [-0.39, 0.29) is 17.0 Å². The predicted octanol–water partition coefficient (Wildman–Crippen LogP) is 3.27. The van der Waals surface area contributed by atoms with E-state index in [0.717, 1.165) is 12.1 Å². The van der Waals surface area contributed by atoms with Crippen LogP contribution in [-0.4, -0.2) is 18.0 Å². The Balaban J connectivity index is 2.30. The minimum Gasteiger partial charge on any atom is -0.496 e. The van der Waals surface area contributed by atoms with Gasteiger partial charge < -0.3 is 10.1 Å². The van der Waals surface area contributed by atoms with Crippen molar-refractivity contribution < 1.29 is 18.3 Å². The van der Waals surface area contributed by atoms with Gasteiger partial charge in [-0.05, 0) is 30.3 Å². The number of aromatic nitrogens is 1. The monoisotopic (exact) mass is 298 g/mol. The lowest BCUT2D eigenvalue weighted by atomic mass is 10.2. The molecule has 0 spiro atoms.